The number of benzene rings is 2. The summed E-state index contributed by atoms with van der Waals surface area (Å²) < 4.78 is 7.76. The van der Waals surface area contributed by atoms with Crippen molar-refractivity contribution >= 4 is 17.5 Å². The van der Waals surface area contributed by atoms with E-state index in [-0.39, 0.29) is 5.69 Å². The first-order chi connectivity index (χ1) is 17.1. The van der Waals surface area contributed by atoms with Crippen LogP contribution in [0.25, 0.3) is 16.9 Å². The first kappa shape index (κ1) is 21.9. The summed E-state index contributed by atoms with van der Waals surface area (Å²) in [6, 6.07) is 21.7. The summed E-state index contributed by atoms with van der Waals surface area (Å²) in [5.74, 6) is -0.357. The number of carbonyl (C=O) groups is 2. The minimum absolute atomic E-state index is 0.232. The summed E-state index contributed by atoms with van der Waals surface area (Å²) in [4.78, 5) is 29.4. The molecule has 0 fully saturated rings. The summed E-state index contributed by atoms with van der Waals surface area (Å²) in [5, 5.41) is 6.82. The van der Waals surface area contributed by atoms with Crippen molar-refractivity contribution in [3.63, 3.8) is 0 Å². The average molecular weight is 467 g/mol. The molecular weight excluding hydrogens is 444 g/mol. The van der Waals surface area contributed by atoms with Crippen LogP contribution >= 0.6 is 0 Å². The number of aromatic nitrogens is 4. The second-order valence-corrected chi connectivity index (χ2v) is 7.91. The summed E-state index contributed by atoms with van der Waals surface area (Å²) >= 11 is 0. The Kier molecular flexibility index (Phi) is 5.96. The van der Waals surface area contributed by atoms with Crippen LogP contribution in [0.2, 0.25) is 0 Å². The Morgan fingerprint density at radius 3 is 2.51 bits per heavy atom. The molecule has 3 heterocycles. The van der Waals surface area contributed by atoms with Gasteiger partial charge in [-0.25, -0.2) is 4.98 Å². The Balaban J connectivity index is 1.14. The molecule has 0 spiro atoms. The summed E-state index contributed by atoms with van der Waals surface area (Å²) in [5.41, 5.74) is 9.70. The van der Waals surface area contributed by atoms with Gasteiger partial charge in [-0.1, -0.05) is 36.4 Å². The zero-order valence-electron chi connectivity index (χ0n) is 18.9. The van der Waals surface area contributed by atoms with Crippen molar-refractivity contribution in [2.45, 2.75) is 13.5 Å². The van der Waals surface area contributed by atoms with Crippen molar-refractivity contribution in [2.24, 2.45) is 0 Å². The van der Waals surface area contributed by atoms with Crippen LogP contribution in [0.4, 0.5) is 0 Å². The van der Waals surface area contributed by atoms with E-state index in [1.54, 1.807) is 30.3 Å². The Bertz CT molecular complexity index is 1490. The van der Waals surface area contributed by atoms with Crippen molar-refractivity contribution in [3.05, 3.63) is 108 Å². The molecule has 9 heteroatoms. The highest BCUT2D eigenvalue weighted by atomic mass is 16.5. The highest BCUT2D eigenvalue weighted by molar-refractivity contribution is 5.98. The van der Waals surface area contributed by atoms with Crippen LogP contribution in [0, 0.1) is 6.92 Å². The smallest absolute Gasteiger partial charge is 0.287 e. The molecule has 174 valence electrons. The van der Waals surface area contributed by atoms with Crippen LogP contribution in [0.1, 0.15) is 32.1 Å². The highest BCUT2D eigenvalue weighted by Crippen LogP contribution is 2.17. The second kappa shape index (κ2) is 9.52. The van der Waals surface area contributed by atoms with Gasteiger partial charge in [0.2, 0.25) is 0 Å². The fourth-order valence-corrected chi connectivity index (χ4v) is 3.58. The number of amides is 2. The van der Waals surface area contributed by atoms with Gasteiger partial charge in [-0.15, -0.1) is 0 Å². The molecule has 0 aliphatic heterocycles. The molecule has 0 aliphatic carbocycles. The SMILES string of the molecule is Cc1cccn2cc(COc3ccc(C(=O)NNC(=O)c4cc(-c5ccccc5)n[nH]4)cc3)nc12. The van der Waals surface area contributed by atoms with Crippen LogP contribution in [-0.4, -0.2) is 31.4 Å². The van der Waals surface area contributed by atoms with E-state index in [0.717, 1.165) is 22.5 Å². The minimum Gasteiger partial charge on any atom is -0.487 e. The summed E-state index contributed by atoms with van der Waals surface area (Å²) in [7, 11) is 0. The van der Waals surface area contributed by atoms with Gasteiger partial charge in [0.15, 0.2) is 0 Å². The van der Waals surface area contributed by atoms with E-state index in [1.807, 2.05) is 66.2 Å². The number of nitrogens with one attached hydrogen (secondary N) is 3. The number of pyridine rings is 1. The molecule has 5 rings (SSSR count). The fourth-order valence-electron chi connectivity index (χ4n) is 3.58. The summed E-state index contributed by atoms with van der Waals surface area (Å²) in [6.45, 7) is 2.31. The van der Waals surface area contributed by atoms with E-state index >= 15 is 0 Å². The maximum atomic E-state index is 12.4. The van der Waals surface area contributed by atoms with Crippen LogP contribution in [0.3, 0.4) is 0 Å². The molecule has 0 saturated carbocycles. The third-order valence-corrected chi connectivity index (χ3v) is 5.41. The third-order valence-electron chi connectivity index (χ3n) is 5.41. The van der Waals surface area contributed by atoms with Crippen LogP contribution in [0.5, 0.6) is 5.75 Å². The molecule has 0 aliphatic rings. The Morgan fingerprint density at radius 1 is 0.971 bits per heavy atom. The van der Waals surface area contributed by atoms with Crippen molar-refractivity contribution in [3.8, 4) is 17.0 Å². The van der Waals surface area contributed by atoms with E-state index in [1.165, 1.54) is 0 Å². The van der Waals surface area contributed by atoms with Crippen LogP contribution in [0.15, 0.2) is 85.2 Å². The van der Waals surface area contributed by atoms with Crippen LogP contribution < -0.4 is 15.6 Å². The van der Waals surface area contributed by atoms with Crippen molar-refractivity contribution < 1.29 is 14.3 Å². The number of H-pyrrole nitrogens is 1. The fraction of sp³-hybridized carbons (Fsp3) is 0.0769. The van der Waals surface area contributed by atoms with Gasteiger partial charge >= 0.3 is 0 Å². The predicted molar refractivity (Wildman–Crippen MR) is 130 cm³/mol. The molecule has 0 unspecified atom stereocenters. The Hall–Kier alpha value is -4.92. The number of aromatic amines is 1. The maximum Gasteiger partial charge on any atom is 0.287 e. The number of hydrogen-bond donors (Lipinski definition) is 3. The number of hydrogen-bond acceptors (Lipinski definition) is 5. The lowest BCUT2D eigenvalue weighted by molar-refractivity contribution is 0.0844. The quantitative estimate of drug-likeness (QED) is 0.330. The van der Waals surface area contributed by atoms with E-state index < -0.39 is 11.8 Å². The molecule has 9 nitrogen and oxygen atoms in total. The largest absolute Gasteiger partial charge is 0.487 e. The monoisotopic (exact) mass is 466 g/mol. The normalized spacial score (nSPS) is 10.8. The topological polar surface area (TPSA) is 113 Å². The van der Waals surface area contributed by atoms with Gasteiger partial charge in [0.05, 0.1) is 11.4 Å². The highest BCUT2D eigenvalue weighted by Gasteiger charge is 2.13. The minimum atomic E-state index is -0.504. The number of imidazole rings is 1. The van der Waals surface area contributed by atoms with Gasteiger partial charge in [-0.2, -0.15) is 5.10 Å². The van der Waals surface area contributed by atoms with Gasteiger partial charge in [0, 0.05) is 23.5 Å². The van der Waals surface area contributed by atoms with Crippen molar-refractivity contribution in [1.29, 1.82) is 0 Å². The molecule has 5 aromatic rings. The number of carbonyl (C=O) groups excluding carboxylic acids is 2. The van der Waals surface area contributed by atoms with Gasteiger partial charge in [0.25, 0.3) is 11.8 Å². The first-order valence-electron chi connectivity index (χ1n) is 10.9. The number of aryl methyl sites for hydroxylation is 1. The zero-order valence-corrected chi connectivity index (χ0v) is 18.9. The molecule has 2 aromatic carbocycles. The van der Waals surface area contributed by atoms with Gasteiger partial charge in [0.1, 0.15) is 23.7 Å². The first-order valence-corrected chi connectivity index (χ1v) is 10.9. The van der Waals surface area contributed by atoms with Crippen LogP contribution in [-0.2, 0) is 6.61 Å². The lowest BCUT2D eigenvalue weighted by atomic mass is 10.1. The molecule has 3 N–H and O–H groups in total. The standard InChI is InChI=1S/C26H22N6O3/c1-17-6-5-13-32-15-20(27-24(17)32)16-35-21-11-9-19(10-12-21)25(33)30-31-26(34)23-14-22(28-29-23)18-7-3-2-4-8-18/h2-15H,16H2,1H3,(H,28,29)(H,30,33)(H,31,34). The summed E-state index contributed by atoms with van der Waals surface area (Å²) in [6.07, 6.45) is 3.87. The lowest BCUT2D eigenvalue weighted by Crippen LogP contribution is -2.41. The molecule has 0 bridgehead atoms. The molecule has 0 radical (unpaired) electrons. The third kappa shape index (κ3) is 4.88. The molecular formula is C26H22N6O3. The molecule has 35 heavy (non-hydrogen) atoms. The molecule has 0 atom stereocenters. The maximum absolute atomic E-state index is 12.4. The molecule has 3 aromatic heterocycles. The zero-order chi connectivity index (χ0) is 24.2. The number of nitrogens with zero attached hydrogens (tertiary/aromatic N) is 3. The second-order valence-electron chi connectivity index (χ2n) is 7.91. The Labute approximate surface area is 200 Å². The number of rotatable bonds is 6. The average Bonchev–Trinajstić information content (AvgIpc) is 3.55. The van der Waals surface area contributed by atoms with Gasteiger partial charge in [-0.05, 0) is 48.9 Å². The number of hydrazine groups is 1. The van der Waals surface area contributed by atoms with E-state index in [9.17, 15) is 9.59 Å². The van der Waals surface area contributed by atoms with E-state index in [4.69, 9.17) is 4.74 Å². The number of fused-ring (bicyclic) bond motifs is 1. The van der Waals surface area contributed by atoms with Crippen molar-refractivity contribution in [2.75, 3.05) is 0 Å². The Morgan fingerprint density at radius 2 is 1.74 bits per heavy atom. The lowest BCUT2D eigenvalue weighted by Gasteiger charge is -2.08. The van der Waals surface area contributed by atoms with E-state index in [2.05, 4.69) is 26.0 Å². The number of ether oxygens (including phenoxy) is 1. The van der Waals surface area contributed by atoms with Gasteiger partial charge < -0.3 is 9.14 Å². The van der Waals surface area contributed by atoms with E-state index in [0.29, 0.717) is 23.6 Å². The molecule has 0 saturated heterocycles. The predicted octanol–water partition coefficient (Wildman–Crippen LogP) is 3.69. The molecule has 2 amide bonds. The van der Waals surface area contributed by atoms with Crippen molar-refractivity contribution in [1.82, 2.24) is 30.4 Å². The van der Waals surface area contributed by atoms with Gasteiger partial charge in [-0.3, -0.25) is 25.5 Å².